The third kappa shape index (κ3) is 5.34. The average molecular weight is 397 g/mol. The second-order valence-corrected chi connectivity index (χ2v) is 7.34. The second-order valence-electron chi connectivity index (χ2n) is 5.49. The molecule has 0 spiro atoms. The van der Waals surface area contributed by atoms with Crippen molar-refractivity contribution < 1.29 is 9.53 Å². The maximum absolute atomic E-state index is 12.4. The van der Waals surface area contributed by atoms with Crippen LogP contribution >= 0.6 is 27.3 Å². The molecular formula is C17H21BrN2O2S. The minimum Gasteiger partial charge on any atom is -0.492 e. The molecule has 0 radical (unpaired) electrons. The van der Waals surface area contributed by atoms with Crippen LogP contribution in [-0.4, -0.2) is 38.1 Å². The van der Waals surface area contributed by atoms with E-state index in [1.54, 1.807) is 11.3 Å². The van der Waals surface area contributed by atoms with Crippen LogP contribution in [0.4, 0.5) is 0 Å². The van der Waals surface area contributed by atoms with E-state index in [1.807, 2.05) is 61.6 Å². The van der Waals surface area contributed by atoms with E-state index in [1.165, 1.54) is 5.56 Å². The number of hydrogen-bond acceptors (Lipinski definition) is 4. The van der Waals surface area contributed by atoms with Crippen LogP contribution in [0.3, 0.4) is 0 Å². The molecule has 0 bridgehead atoms. The van der Waals surface area contributed by atoms with Gasteiger partial charge in [-0.1, -0.05) is 17.7 Å². The molecule has 1 heterocycles. The van der Waals surface area contributed by atoms with Gasteiger partial charge in [0.2, 0.25) is 5.91 Å². The highest BCUT2D eigenvalue weighted by Crippen LogP contribution is 2.28. The summed E-state index contributed by atoms with van der Waals surface area (Å²) in [4.78, 5) is 15.4. The first-order valence-electron chi connectivity index (χ1n) is 7.35. The number of aryl methyl sites for hydroxylation is 1. The Morgan fingerprint density at radius 1 is 1.35 bits per heavy atom. The van der Waals surface area contributed by atoms with Crippen molar-refractivity contribution in [3.8, 4) is 5.75 Å². The van der Waals surface area contributed by atoms with Crippen molar-refractivity contribution in [2.45, 2.75) is 13.0 Å². The summed E-state index contributed by atoms with van der Waals surface area (Å²) in [6.45, 7) is 2.96. The zero-order chi connectivity index (χ0) is 16.8. The number of likely N-dealkylation sites (N-methyl/N-ethyl adjacent to an activating group) is 1. The second kappa shape index (κ2) is 8.47. The average Bonchev–Trinajstić information content (AvgIpc) is 2.91. The quantitative estimate of drug-likeness (QED) is 0.726. The van der Waals surface area contributed by atoms with E-state index in [0.717, 1.165) is 15.1 Å². The number of thiophene rings is 1. The Labute approximate surface area is 149 Å². The number of carbonyl (C=O) groups is 1. The van der Waals surface area contributed by atoms with Gasteiger partial charge in [-0.25, -0.2) is 0 Å². The molecule has 6 heteroatoms. The van der Waals surface area contributed by atoms with E-state index < -0.39 is 0 Å². The first-order chi connectivity index (χ1) is 11.0. The topological polar surface area (TPSA) is 41.6 Å². The Morgan fingerprint density at radius 3 is 2.61 bits per heavy atom. The maximum atomic E-state index is 12.4. The smallest absolute Gasteiger partial charge is 0.242 e. The van der Waals surface area contributed by atoms with Crippen molar-refractivity contribution in [3.05, 3.63) is 50.6 Å². The third-order valence-corrected chi connectivity index (χ3v) is 5.06. The Bertz CT molecular complexity index is 640. The zero-order valence-corrected chi connectivity index (χ0v) is 15.9. The highest BCUT2D eigenvalue weighted by Gasteiger charge is 2.24. The van der Waals surface area contributed by atoms with Gasteiger partial charge in [0, 0.05) is 14.7 Å². The minimum atomic E-state index is -0.286. The van der Waals surface area contributed by atoms with Crippen LogP contribution in [0.2, 0.25) is 0 Å². The molecule has 0 aliphatic heterocycles. The van der Waals surface area contributed by atoms with Gasteiger partial charge in [-0.2, -0.15) is 0 Å². The summed E-state index contributed by atoms with van der Waals surface area (Å²) in [6.07, 6.45) is 0. The lowest BCUT2D eigenvalue weighted by Crippen LogP contribution is -2.38. The number of hydrogen-bond donors (Lipinski definition) is 1. The molecule has 4 nitrogen and oxygen atoms in total. The number of carbonyl (C=O) groups excluding carboxylic acids is 1. The predicted octanol–water partition coefficient (Wildman–Crippen LogP) is 3.62. The summed E-state index contributed by atoms with van der Waals surface area (Å²) >= 11 is 5.00. The number of rotatable bonds is 7. The van der Waals surface area contributed by atoms with Gasteiger partial charge >= 0.3 is 0 Å². The summed E-state index contributed by atoms with van der Waals surface area (Å²) in [5.41, 5.74) is 1.20. The van der Waals surface area contributed by atoms with Gasteiger partial charge in [-0.05, 0) is 55.1 Å². The lowest BCUT2D eigenvalue weighted by atomic mass is 10.2. The summed E-state index contributed by atoms with van der Waals surface area (Å²) in [7, 11) is 3.81. The number of nitrogens with one attached hydrogen (secondary N) is 1. The normalized spacial score (nSPS) is 12.2. The van der Waals surface area contributed by atoms with E-state index in [4.69, 9.17) is 4.74 Å². The summed E-state index contributed by atoms with van der Waals surface area (Å²) in [6, 6.07) is 9.57. The van der Waals surface area contributed by atoms with E-state index in [0.29, 0.717) is 13.2 Å². The monoisotopic (exact) mass is 396 g/mol. The van der Waals surface area contributed by atoms with Crippen LogP contribution in [-0.2, 0) is 4.79 Å². The zero-order valence-electron chi connectivity index (χ0n) is 13.5. The summed E-state index contributed by atoms with van der Waals surface area (Å²) in [5.74, 6) is 0.799. The van der Waals surface area contributed by atoms with Gasteiger partial charge in [-0.15, -0.1) is 11.3 Å². The number of halogens is 1. The summed E-state index contributed by atoms with van der Waals surface area (Å²) < 4.78 is 6.63. The van der Waals surface area contributed by atoms with Crippen LogP contribution in [0.1, 0.15) is 16.5 Å². The lowest BCUT2D eigenvalue weighted by molar-refractivity contribution is -0.125. The van der Waals surface area contributed by atoms with Crippen LogP contribution in [0.5, 0.6) is 5.75 Å². The molecule has 0 saturated heterocycles. The van der Waals surface area contributed by atoms with Crippen molar-refractivity contribution in [2.24, 2.45) is 0 Å². The molecule has 1 amide bonds. The van der Waals surface area contributed by atoms with Crippen molar-refractivity contribution >= 4 is 33.2 Å². The van der Waals surface area contributed by atoms with Crippen molar-refractivity contribution in [1.82, 2.24) is 10.2 Å². The lowest BCUT2D eigenvalue weighted by Gasteiger charge is -2.22. The van der Waals surface area contributed by atoms with Gasteiger partial charge in [0.05, 0.1) is 6.54 Å². The van der Waals surface area contributed by atoms with Gasteiger partial charge < -0.3 is 10.1 Å². The molecule has 1 aromatic heterocycles. The van der Waals surface area contributed by atoms with Gasteiger partial charge in [0.25, 0.3) is 0 Å². The van der Waals surface area contributed by atoms with Crippen molar-refractivity contribution in [3.63, 3.8) is 0 Å². The fourth-order valence-electron chi connectivity index (χ4n) is 2.16. The standard InChI is InChI=1S/C17H21BrN2O2S/c1-12-4-6-14(7-5-12)22-9-8-19-17(21)16(20(2)3)15-10-13(18)11-23-15/h4-7,10-11,16H,8-9H2,1-3H3,(H,19,21)/t16-/m1/s1. The SMILES string of the molecule is Cc1ccc(OCCNC(=O)[C@@H](c2cc(Br)cs2)N(C)C)cc1. The molecule has 124 valence electrons. The van der Waals surface area contributed by atoms with Crippen LogP contribution < -0.4 is 10.1 Å². The Kier molecular flexibility index (Phi) is 6.62. The molecule has 1 N–H and O–H groups in total. The Balaban J connectivity index is 1.83. The molecule has 2 aromatic rings. The van der Waals surface area contributed by atoms with Gasteiger partial charge in [0.15, 0.2) is 0 Å². The van der Waals surface area contributed by atoms with E-state index >= 15 is 0 Å². The van der Waals surface area contributed by atoms with Crippen LogP contribution in [0, 0.1) is 6.92 Å². The number of ether oxygens (including phenoxy) is 1. The first-order valence-corrected chi connectivity index (χ1v) is 9.02. The molecule has 1 atom stereocenters. The fourth-order valence-corrected chi connectivity index (χ4v) is 3.80. The predicted molar refractivity (Wildman–Crippen MR) is 98.1 cm³/mol. The third-order valence-electron chi connectivity index (χ3n) is 3.31. The molecule has 0 fully saturated rings. The molecular weight excluding hydrogens is 376 g/mol. The maximum Gasteiger partial charge on any atom is 0.242 e. The summed E-state index contributed by atoms with van der Waals surface area (Å²) in [5, 5.41) is 4.92. The van der Waals surface area contributed by atoms with Crippen LogP contribution in [0.25, 0.3) is 0 Å². The van der Waals surface area contributed by atoms with Crippen molar-refractivity contribution in [1.29, 1.82) is 0 Å². The Morgan fingerprint density at radius 2 is 2.04 bits per heavy atom. The molecule has 0 aliphatic rings. The molecule has 0 aliphatic carbocycles. The molecule has 2 rings (SSSR count). The molecule has 0 saturated carbocycles. The van der Waals surface area contributed by atoms with E-state index in [2.05, 4.69) is 21.2 Å². The molecule has 23 heavy (non-hydrogen) atoms. The van der Waals surface area contributed by atoms with Crippen molar-refractivity contribution in [2.75, 3.05) is 27.2 Å². The number of amides is 1. The molecule has 0 unspecified atom stereocenters. The minimum absolute atomic E-state index is 0.0168. The van der Waals surface area contributed by atoms with E-state index in [9.17, 15) is 4.79 Å². The highest BCUT2D eigenvalue weighted by atomic mass is 79.9. The first kappa shape index (κ1) is 18.0. The van der Waals surface area contributed by atoms with Crippen LogP contribution in [0.15, 0.2) is 40.2 Å². The fraction of sp³-hybridized carbons (Fsp3) is 0.353. The largest absolute Gasteiger partial charge is 0.492 e. The van der Waals surface area contributed by atoms with E-state index in [-0.39, 0.29) is 11.9 Å². The van der Waals surface area contributed by atoms with Gasteiger partial charge in [0.1, 0.15) is 18.4 Å². The Hall–Kier alpha value is -1.37. The highest BCUT2D eigenvalue weighted by molar-refractivity contribution is 9.10. The number of nitrogens with zero attached hydrogens (tertiary/aromatic N) is 1. The molecule has 1 aromatic carbocycles. The number of benzene rings is 1. The van der Waals surface area contributed by atoms with Gasteiger partial charge in [-0.3, -0.25) is 9.69 Å².